The van der Waals surface area contributed by atoms with Crippen LogP contribution in [0.25, 0.3) is 0 Å². The lowest BCUT2D eigenvalue weighted by Crippen LogP contribution is -2.34. The van der Waals surface area contributed by atoms with Gasteiger partial charge in [-0.25, -0.2) is 0 Å². The highest BCUT2D eigenvalue weighted by Crippen LogP contribution is 2.24. The Balaban J connectivity index is 1.68. The molecule has 0 heterocycles. The van der Waals surface area contributed by atoms with Gasteiger partial charge in [0.1, 0.15) is 5.75 Å². The molecule has 3 aromatic carbocycles. The Hall–Kier alpha value is -3.23. The number of benzene rings is 3. The van der Waals surface area contributed by atoms with Gasteiger partial charge in [-0.1, -0.05) is 47.1 Å². The Morgan fingerprint density at radius 1 is 1.03 bits per heavy atom. The summed E-state index contributed by atoms with van der Waals surface area (Å²) in [5.41, 5.74) is 2.24. The monoisotopic (exact) mass is 525 g/mol. The summed E-state index contributed by atoms with van der Waals surface area (Å²) in [5, 5.41) is 5.75. The number of amides is 2. The highest BCUT2D eigenvalue weighted by atomic mass is 79.9. The first-order chi connectivity index (χ1) is 15.9. The predicted molar refractivity (Wildman–Crippen MR) is 139 cm³/mol. The molecule has 0 aromatic heterocycles. The Labute approximate surface area is 207 Å². The molecular weight excluding hydrogens is 502 g/mol. The SMILES string of the molecule is CCCOc1ccc(Br)cc1C(=O)NC(=S)Nc1cccc(C(=O)N(C)c2ccccc2)c1. The summed E-state index contributed by atoms with van der Waals surface area (Å²) in [7, 11) is 1.72. The number of thiocarbonyl (C=S) groups is 1. The molecule has 0 aliphatic rings. The number of rotatable bonds is 7. The second-order valence-corrected chi connectivity index (χ2v) is 8.50. The molecule has 0 aliphatic carbocycles. The van der Waals surface area contributed by atoms with Crippen LogP contribution in [0.4, 0.5) is 11.4 Å². The van der Waals surface area contributed by atoms with Crippen LogP contribution in [-0.2, 0) is 0 Å². The molecular formula is C25H24BrN3O3S. The average molecular weight is 526 g/mol. The topological polar surface area (TPSA) is 70.7 Å². The van der Waals surface area contributed by atoms with Gasteiger partial charge in [0.25, 0.3) is 11.8 Å². The minimum Gasteiger partial charge on any atom is -0.493 e. The van der Waals surface area contributed by atoms with Crippen LogP contribution in [0.5, 0.6) is 5.75 Å². The molecule has 3 rings (SSSR count). The van der Waals surface area contributed by atoms with Crippen molar-refractivity contribution >= 4 is 56.4 Å². The van der Waals surface area contributed by atoms with E-state index in [4.69, 9.17) is 17.0 Å². The minimum atomic E-state index is -0.393. The van der Waals surface area contributed by atoms with Gasteiger partial charge in [-0.3, -0.25) is 14.9 Å². The number of nitrogens with one attached hydrogen (secondary N) is 2. The standard InChI is InChI=1S/C25H24BrN3O3S/c1-3-14-32-22-13-12-18(26)16-21(22)23(30)28-25(33)27-19-9-7-8-17(15-19)24(31)29(2)20-10-5-4-6-11-20/h4-13,15-16H,3,14H2,1-2H3,(H2,27,28,30,33). The highest BCUT2D eigenvalue weighted by molar-refractivity contribution is 9.10. The molecule has 0 radical (unpaired) electrons. The van der Waals surface area contributed by atoms with Crippen molar-refractivity contribution in [2.24, 2.45) is 0 Å². The van der Waals surface area contributed by atoms with Crippen molar-refractivity contribution in [3.05, 3.63) is 88.4 Å². The van der Waals surface area contributed by atoms with E-state index in [1.807, 2.05) is 43.3 Å². The van der Waals surface area contributed by atoms with Gasteiger partial charge in [0, 0.05) is 28.5 Å². The summed E-state index contributed by atoms with van der Waals surface area (Å²) < 4.78 is 6.43. The fourth-order valence-corrected chi connectivity index (χ4v) is 3.61. The number of anilines is 2. The van der Waals surface area contributed by atoms with Crippen molar-refractivity contribution in [2.75, 3.05) is 23.9 Å². The number of para-hydroxylation sites is 1. The normalized spacial score (nSPS) is 10.3. The lowest BCUT2D eigenvalue weighted by Gasteiger charge is -2.18. The van der Waals surface area contributed by atoms with E-state index in [9.17, 15) is 9.59 Å². The maximum atomic E-state index is 12.9. The largest absolute Gasteiger partial charge is 0.493 e. The average Bonchev–Trinajstić information content (AvgIpc) is 2.82. The van der Waals surface area contributed by atoms with Crippen LogP contribution in [-0.4, -0.2) is 30.6 Å². The highest BCUT2D eigenvalue weighted by Gasteiger charge is 2.16. The van der Waals surface area contributed by atoms with Crippen LogP contribution < -0.4 is 20.3 Å². The molecule has 33 heavy (non-hydrogen) atoms. The van der Waals surface area contributed by atoms with Gasteiger partial charge in [-0.05, 0) is 67.2 Å². The Kier molecular flexibility index (Phi) is 8.57. The van der Waals surface area contributed by atoms with Gasteiger partial charge in [0.2, 0.25) is 0 Å². The van der Waals surface area contributed by atoms with Crippen molar-refractivity contribution < 1.29 is 14.3 Å². The number of hydrogen-bond acceptors (Lipinski definition) is 4. The van der Waals surface area contributed by atoms with Gasteiger partial charge < -0.3 is 15.0 Å². The molecule has 0 bridgehead atoms. The molecule has 0 spiro atoms. The molecule has 2 amide bonds. The fraction of sp³-hybridized carbons (Fsp3) is 0.160. The van der Waals surface area contributed by atoms with Crippen molar-refractivity contribution in [1.29, 1.82) is 0 Å². The van der Waals surface area contributed by atoms with Crippen LogP contribution in [0.3, 0.4) is 0 Å². The second-order valence-electron chi connectivity index (χ2n) is 7.18. The molecule has 0 aliphatic heterocycles. The maximum absolute atomic E-state index is 12.9. The first-order valence-electron chi connectivity index (χ1n) is 10.4. The zero-order chi connectivity index (χ0) is 23.8. The number of ether oxygens (including phenoxy) is 1. The summed E-state index contributed by atoms with van der Waals surface area (Å²) in [4.78, 5) is 27.3. The molecule has 0 unspecified atom stereocenters. The molecule has 170 valence electrons. The zero-order valence-corrected chi connectivity index (χ0v) is 20.7. The lowest BCUT2D eigenvalue weighted by molar-refractivity contribution is 0.0970. The molecule has 2 N–H and O–H groups in total. The summed E-state index contributed by atoms with van der Waals surface area (Å²) in [6.07, 6.45) is 0.825. The third kappa shape index (κ3) is 6.63. The van der Waals surface area contributed by atoms with Crippen LogP contribution >= 0.6 is 28.1 Å². The quantitative estimate of drug-likeness (QED) is 0.390. The smallest absolute Gasteiger partial charge is 0.261 e. The first kappa shape index (κ1) is 24.4. The van der Waals surface area contributed by atoms with Crippen LogP contribution in [0.1, 0.15) is 34.1 Å². The number of nitrogens with zero attached hydrogens (tertiary/aromatic N) is 1. The minimum absolute atomic E-state index is 0.113. The molecule has 0 fully saturated rings. The number of carbonyl (C=O) groups excluding carboxylic acids is 2. The second kappa shape index (κ2) is 11.6. The molecule has 0 saturated carbocycles. The lowest BCUT2D eigenvalue weighted by atomic mass is 10.1. The summed E-state index contributed by atoms with van der Waals surface area (Å²) >= 11 is 8.70. The fourth-order valence-electron chi connectivity index (χ4n) is 3.04. The van der Waals surface area contributed by atoms with Crippen molar-refractivity contribution in [1.82, 2.24) is 5.32 Å². The Morgan fingerprint density at radius 3 is 2.52 bits per heavy atom. The molecule has 0 saturated heterocycles. The first-order valence-corrected chi connectivity index (χ1v) is 11.6. The maximum Gasteiger partial charge on any atom is 0.261 e. The van der Waals surface area contributed by atoms with E-state index in [2.05, 4.69) is 26.6 Å². The molecule has 6 nitrogen and oxygen atoms in total. The van der Waals surface area contributed by atoms with E-state index >= 15 is 0 Å². The van der Waals surface area contributed by atoms with Crippen molar-refractivity contribution in [2.45, 2.75) is 13.3 Å². The van der Waals surface area contributed by atoms with E-state index in [1.54, 1.807) is 48.3 Å². The van der Waals surface area contributed by atoms with E-state index in [0.717, 1.165) is 16.6 Å². The zero-order valence-electron chi connectivity index (χ0n) is 18.3. The molecule has 8 heteroatoms. The summed E-state index contributed by atoms with van der Waals surface area (Å²) in [6.45, 7) is 2.50. The van der Waals surface area contributed by atoms with Gasteiger partial charge in [-0.15, -0.1) is 0 Å². The third-order valence-electron chi connectivity index (χ3n) is 4.69. The Bertz CT molecular complexity index is 1150. The van der Waals surface area contributed by atoms with Gasteiger partial charge in [0.15, 0.2) is 5.11 Å². The van der Waals surface area contributed by atoms with Gasteiger partial charge >= 0.3 is 0 Å². The van der Waals surface area contributed by atoms with Crippen LogP contribution in [0.2, 0.25) is 0 Å². The summed E-state index contributed by atoms with van der Waals surface area (Å²) in [6, 6.07) is 21.6. The van der Waals surface area contributed by atoms with Crippen molar-refractivity contribution in [3.8, 4) is 5.75 Å². The van der Waals surface area contributed by atoms with E-state index in [0.29, 0.717) is 29.2 Å². The van der Waals surface area contributed by atoms with E-state index in [1.165, 1.54) is 0 Å². The predicted octanol–water partition coefficient (Wildman–Crippen LogP) is 5.64. The number of carbonyl (C=O) groups is 2. The molecule has 3 aromatic rings. The van der Waals surface area contributed by atoms with Gasteiger partial charge in [-0.2, -0.15) is 0 Å². The Morgan fingerprint density at radius 2 is 1.79 bits per heavy atom. The number of hydrogen-bond donors (Lipinski definition) is 2. The van der Waals surface area contributed by atoms with Gasteiger partial charge in [0.05, 0.1) is 12.2 Å². The third-order valence-corrected chi connectivity index (χ3v) is 5.39. The van der Waals surface area contributed by atoms with Crippen LogP contribution in [0.15, 0.2) is 77.3 Å². The van der Waals surface area contributed by atoms with Crippen LogP contribution in [0, 0.1) is 0 Å². The summed E-state index contributed by atoms with van der Waals surface area (Å²) in [5.74, 6) is -0.0699. The van der Waals surface area contributed by atoms with E-state index < -0.39 is 5.91 Å². The van der Waals surface area contributed by atoms with Crippen molar-refractivity contribution in [3.63, 3.8) is 0 Å². The molecule has 0 atom stereocenters. The van der Waals surface area contributed by atoms with E-state index in [-0.39, 0.29) is 11.0 Å². The number of halogens is 1.